The van der Waals surface area contributed by atoms with E-state index in [0.717, 1.165) is 18.4 Å². The van der Waals surface area contributed by atoms with Gasteiger partial charge in [-0.1, -0.05) is 24.1 Å². The second kappa shape index (κ2) is 8.67. The lowest BCUT2D eigenvalue weighted by Gasteiger charge is -2.19. The maximum Gasteiger partial charge on any atom is 0.185 e. The van der Waals surface area contributed by atoms with E-state index in [1.165, 1.54) is 30.3 Å². The zero-order valence-electron chi connectivity index (χ0n) is 14.5. The third-order valence-electron chi connectivity index (χ3n) is 4.06. The predicted octanol–water partition coefficient (Wildman–Crippen LogP) is 4.35. The topological polar surface area (TPSA) is 68.3 Å². The van der Waals surface area contributed by atoms with E-state index in [4.69, 9.17) is 11.6 Å². The monoisotopic (exact) mass is 436 g/mol. The van der Waals surface area contributed by atoms with Crippen molar-refractivity contribution < 1.29 is 25.6 Å². The van der Waals surface area contributed by atoms with Crippen LogP contribution in [0.2, 0.25) is 5.02 Å². The molecule has 27 heavy (non-hydrogen) atoms. The van der Waals surface area contributed by atoms with Crippen LogP contribution >= 0.6 is 11.6 Å². The van der Waals surface area contributed by atoms with Crippen LogP contribution in [0.5, 0.6) is 0 Å². The van der Waals surface area contributed by atoms with Gasteiger partial charge in [0, 0.05) is 17.0 Å². The number of sulfone groups is 2. The average molecular weight is 437 g/mol. The van der Waals surface area contributed by atoms with Crippen molar-refractivity contribution in [1.29, 1.82) is 0 Å². The first kappa shape index (κ1) is 21.8. The van der Waals surface area contributed by atoms with Gasteiger partial charge in [-0.3, -0.25) is 0 Å². The van der Waals surface area contributed by atoms with E-state index in [9.17, 15) is 25.6 Å². The van der Waals surface area contributed by atoms with Crippen molar-refractivity contribution in [3.63, 3.8) is 0 Å². The summed E-state index contributed by atoms with van der Waals surface area (Å²) in [5.41, 5.74) is 0.114. The molecule has 0 aliphatic carbocycles. The molecule has 0 saturated heterocycles. The number of rotatable bonds is 8. The second-order valence-corrected chi connectivity index (χ2v) is 11.1. The Morgan fingerprint density at radius 1 is 0.926 bits per heavy atom. The predicted molar refractivity (Wildman–Crippen MR) is 101 cm³/mol. The van der Waals surface area contributed by atoms with Crippen molar-refractivity contribution in [3.05, 3.63) is 64.7 Å². The molecule has 2 aromatic rings. The normalized spacial score (nSPS) is 13.5. The number of unbranched alkanes of at least 4 members (excludes halogenated alkanes) is 1. The molecule has 1 atom stereocenters. The van der Waals surface area contributed by atoms with E-state index in [-0.39, 0.29) is 29.1 Å². The fraction of sp³-hybridized carbons (Fsp3) is 0.333. The molecule has 4 nitrogen and oxygen atoms in total. The van der Waals surface area contributed by atoms with Gasteiger partial charge in [-0.2, -0.15) is 0 Å². The van der Waals surface area contributed by atoms with Crippen LogP contribution < -0.4 is 0 Å². The minimum atomic E-state index is -3.91. The van der Waals surface area contributed by atoms with Gasteiger partial charge in [0.1, 0.15) is 9.84 Å². The van der Waals surface area contributed by atoms with Crippen LogP contribution in [0.25, 0.3) is 0 Å². The highest BCUT2D eigenvalue weighted by Gasteiger charge is 2.29. The summed E-state index contributed by atoms with van der Waals surface area (Å²) in [5.74, 6) is -2.28. The molecule has 0 saturated carbocycles. The molecule has 0 aliphatic heterocycles. The highest BCUT2D eigenvalue weighted by atomic mass is 35.5. The van der Waals surface area contributed by atoms with Gasteiger partial charge in [0.15, 0.2) is 21.5 Å². The van der Waals surface area contributed by atoms with E-state index in [0.29, 0.717) is 11.4 Å². The van der Waals surface area contributed by atoms with E-state index >= 15 is 0 Å². The van der Waals surface area contributed by atoms with E-state index in [2.05, 4.69) is 0 Å². The molecule has 2 rings (SSSR count). The van der Waals surface area contributed by atoms with Gasteiger partial charge in [-0.15, -0.1) is 0 Å². The van der Waals surface area contributed by atoms with Crippen molar-refractivity contribution in [3.8, 4) is 0 Å². The smallest absolute Gasteiger partial charge is 0.185 e. The highest BCUT2D eigenvalue weighted by molar-refractivity contribution is 7.91. The molecule has 1 unspecified atom stereocenters. The quantitative estimate of drug-likeness (QED) is 0.577. The molecule has 148 valence electrons. The molecule has 0 radical (unpaired) electrons. The molecule has 0 aliphatic rings. The summed E-state index contributed by atoms with van der Waals surface area (Å²) in [5, 5.41) is -0.764. The standard InChI is InChI=1S/C18H19ClF2O4S2/c1-26(22,23)11-3-2-4-18(13-5-10-16(20)17(21)12-13)27(24,25)15-8-6-14(19)7-9-15/h5-10,12,18H,2-4,11H2,1H3. The van der Waals surface area contributed by atoms with Crippen LogP contribution in [0.3, 0.4) is 0 Å². The lowest BCUT2D eigenvalue weighted by Crippen LogP contribution is -2.15. The van der Waals surface area contributed by atoms with Crippen molar-refractivity contribution >= 4 is 31.3 Å². The van der Waals surface area contributed by atoms with Crippen molar-refractivity contribution in [2.75, 3.05) is 12.0 Å². The number of halogens is 3. The lowest BCUT2D eigenvalue weighted by molar-refractivity contribution is 0.505. The van der Waals surface area contributed by atoms with Crippen LogP contribution in [-0.4, -0.2) is 28.8 Å². The molecule has 0 heterocycles. The minimum absolute atomic E-state index is 0.00439. The summed E-state index contributed by atoms with van der Waals surface area (Å²) in [6, 6.07) is 8.53. The third kappa shape index (κ3) is 5.99. The zero-order valence-corrected chi connectivity index (χ0v) is 16.9. The first-order chi connectivity index (χ1) is 12.5. The Balaban J connectivity index is 2.36. The van der Waals surface area contributed by atoms with Crippen LogP contribution in [0, 0.1) is 11.6 Å². The molecule has 0 bridgehead atoms. The number of benzene rings is 2. The second-order valence-electron chi connectivity index (χ2n) is 6.29. The molecule has 9 heteroatoms. The molecule has 0 aromatic heterocycles. The summed E-state index contributed by atoms with van der Waals surface area (Å²) in [4.78, 5) is 0.00439. The van der Waals surface area contributed by atoms with Gasteiger partial charge >= 0.3 is 0 Å². The van der Waals surface area contributed by atoms with E-state index in [1.807, 2.05) is 0 Å². The van der Waals surface area contributed by atoms with Gasteiger partial charge in [-0.25, -0.2) is 25.6 Å². The SMILES string of the molecule is CS(=O)(=O)CCCCC(c1ccc(F)c(F)c1)S(=O)(=O)c1ccc(Cl)cc1. The summed E-state index contributed by atoms with van der Waals surface area (Å²) < 4.78 is 75.5. The van der Waals surface area contributed by atoms with Crippen LogP contribution in [0.4, 0.5) is 8.78 Å². The Morgan fingerprint density at radius 3 is 2.11 bits per heavy atom. The summed E-state index contributed by atoms with van der Waals surface area (Å²) in [7, 11) is -7.08. The molecule has 0 spiro atoms. The van der Waals surface area contributed by atoms with Crippen molar-refractivity contribution in [2.45, 2.75) is 29.4 Å². The van der Waals surface area contributed by atoms with Gasteiger partial charge in [0.05, 0.1) is 10.1 Å². The first-order valence-corrected chi connectivity index (χ1v) is 12.1. The van der Waals surface area contributed by atoms with Crippen molar-refractivity contribution in [1.82, 2.24) is 0 Å². The first-order valence-electron chi connectivity index (χ1n) is 8.13. The Morgan fingerprint density at radius 2 is 1.56 bits per heavy atom. The molecular weight excluding hydrogens is 418 g/mol. The van der Waals surface area contributed by atoms with Gasteiger partial charge < -0.3 is 0 Å². The molecular formula is C18H19ClF2O4S2. The van der Waals surface area contributed by atoms with Crippen LogP contribution in [0.15, 0.2) is 47.4 Å². The summed E-state index contributed by atoms with van der Waals surface area (Å²) in [6.45, 7) is 0. The number of hydrogen-bond donors (Lipinski definition) is 0. The molecule has 0 fully saturated rings. The van der Waals surface area contributed by atoms with Gasteiger partial charge in [-0.05, 0) is 54.8 Å². The van der Waals surface area contributed by atoms with Gasteiger partial charge in [0.25, 0.3) is 0 Å². The largest absolute Gasteiger partial charge is 0.229 e. The molecule has 0 amide bonds. The summed E-state index contributed by atoms with van der Waals surface area (Å²) in [6.07, 6.45) is 1.74. The molecule has 2 aromatic carbocycles. The number of hydrogen-bond acceptors (Lipinski definition) is 4. The minimum Gasteiger partial charge on any atom is -0.229 e. The Bertz CT molecular complexity index is 1000. The fourth-order valence-electron chi connectivity index (χ4n) is 2.70. The fourth-order valence-corrected chi connectivity index (χ4v) is 5.38. The maximum atomic E-state index is 13.7. The van der Waals surface area contributed by atoms with E-state index in [1.54, 1.807) is 0 Å². The van der Waals surface area contributed by atoms with E-state index < -0.39 is 36.6 Å². The van der Waals surface area contributed by atoms with Crippen LogP contribution in [-0.2, 0) is 19.7 Å². The summed E-state index contributed by atoms with van der Waals surface area (Å²) >= 11 is 5.80. The maximum absolute atomic E-state index is 13.7. The van der Waals surface area contributed by atoms with Gasteiger partial charge in [0.2, 0.25) is 0 Å². The average Bonchev–Trinajstić information content (AvgIpc) is 2.57. The Kier molecular flexibility index (Phi) is 6.99. The van der Waals surface area contributed by atoms with Crippen molar-refractivity contribution in [2.24, 2.45) is 0 Å². The highest BCUT2D eigenvalue weighted by Crippen LogP contribution is 2.34. The van der Waals surface area contributed by atoms with Crippen LogP contribution in [0.1, 0.15) is 30.1 Å². The molecule has 0 N–H and O–H groups in total. The zero-order chi connectivity index (χ0) is 20.2. The lowest BCUT2D eigenvalue weighted by atomic mass is 10.1. The Labute approximate surface area is 163 Å². The third-order valence-corrected chi connectivity index (χ3v) is 7.53. The Hall–Kier alpha value is -1.51.